The van der Waals surface area contributed by atoms with Crippen LogP contribution in [0.2, 0.25) is 0 Å². The van der Waals surface area contributed by atoms with Gasteiger partial charge in [0.05, 0.1) is 10.6 Å². The standard InChI is InChI=1S/C20H17NO4S/c1-14(20(22)23)12-15-6-4-9-17(13-15)26(24,25)21-19-11-5-8-16-7-2-3-10-18(16)19/h2-13,21H,1H3,(H,22,23). The van der Waals surface area contributed by atoms with E-state index < -0.39 is 16.0 Å². The number of hydrogen-bond donors (Lipinski definition) is 2. The van der Waals surface area contributed by atoms with Crippen LogP contribution in [0.25, 0.3) is 16.8 Å². The maximum absolute atomic E-state index is 12.8. The molecule has 6 heteroatoms. The Kier molecular flexibility index (Phi) is 4.77. The second kappa shape index (κ2) is 7.01. The van der Waals surface area contributed by atoms with E-state index in [4.69, 9.17) is 5.11 Å². The summed E-state index contributed by atoms with van der Waals surface area (Å²) in [6, 6.07) is 19.1. The third-order valence-corrected chi connectivity index (χ3v) is 5.29. The Morgan fingerprint density at radius 2 is 1.69 bits per heavy atom. The van der Waals surface area contributed by atoms with Crippen molar-refractivity contribution in [3.05, 3.63) is 77.9 Å². The second-order valence-corrected chi connectivity index (χ2v) is 7.52. The molecule has 0 saturated carbocycles. The van der Waals surface area contributed by atoms with Crippen molar-refractivity contribution in [2.75, 3.05) is 4.72 Å². The second-order valence-electron chi connectivity index (χ2n) is 5.84. The molecule has 3 aromatic carbocycles. The molecule has 0 aromatic heterocycles. The summed E-state index contributed by atoms with van der Waals surface area (Å²) in [6.07, 6.45) is 1.43. The Bertz CT molecular complexity index is 1110. The fraction of sp³-hybridized carbons (Fsp3) is 0.0500. The van der Waals surface area contributed by atoms with Gasteiger partial charge in [0.2, 0.25) is 0 Å². The van der Waals surface area contributed by atoms with Crippen LogP contribution >= 0.6 is 0 Å². The predicted molar refractivity (Wildman–Crippen MR) is 102 cm³/mol. The number of carboxylic acids is 1. The summed E-state index contributed by atoms with van der Waals surface area (Å²) < 4.78 is 28.2. The van der Waals surface area contributed by atoms with Gasteiger partial charge < -0.3 is 5.11 Å². The molecule has 0 aliphatic heterocycles. The Hall–Kier alpha value is -3.12. The van der Waals surface area contributed by atoms with Gasteiger partial charge in [-0.25, -0.2) is 13.2 Å². The summed E-state index contributed by atoms with van der Waals surface area (Å²) in [4.78, 5) is 11.0. The molecule has 3 rings (SSSR count). The zero-order valence-electron chi connectivity index (χ0n) is 14.0. The molecule has 0 spiro atoms. The SMILES string of the molecule is CC(=Cc1cccc(S(=O)(=O)Nc2cccc3ccccc23)c1)C(=O)O. The van der Waals surface area contributed by atoms with Gasteiger partial charge in [0, 0.05) is 11.0 Å². The van der Waals surface area contributed by atoms with Gasteiger partial charge in [0.25, 0.3) is 10.0 Å². The number of sulfonamides is 1. The van der Waals surface area contributed by atoms with Crippen molar-refractivity contribution in [3.63, 3.8) is 0 Å². The number of carboxylic acid groups (broad SMARTS) is 1. The molecule has 3 aromatic rings. The number of aliphatic carboxylic acids is 1. The Balaban J connectivity index is 1.98. The van der Waals surface area contributed by atoms with Gasteiger partial charge >= 0.3 is 5.97 Å². The van der Waals surface area contributed by atoms with E-state index in [2.05, 4.69) is 4.72 Å². The molecule has 0 atom stereocenters. The van der Waals surface area contributed by atoms with E-state index >= 15 is 0 Å². The maximum atomic E-state index is 12.8. The first-order chi connectivity index (χ1) is 12.4. The van der Waals surface area contributed by atoms with Gasteiger partial charge in [-0.3, -0.25) is 4.72 Å². The van der Waals surface area contributed by atoms with Crippen LogP contribution in [0.5, 0.6) is 0 Å². The smallest absolute Gasteiger partial charge is 0.331 e. The molecule has 0 aliphatic carbocycles. The molecule has 0 fully saturated rings. The van der Waals surface area contributed by atoms with E-state index in [0.29, 0.717) is 11.3 Å². The average Bonchev–Trinajstić information content (AvgIpc) is 2.62. The van der Waals surface area contributed by atoms with Gasteiger partial charge in [-0.1, -0.05) is 48.5 Å². The number of fused-ring (bicyclic) bond motifs is 1. The Labute approximate surface area is 151 Å². The molecule has 0 aliphatic rings. The quantitative estimate of drug-likeness (QED) is 0.664. The monoisotopic (exact) mass is 367 g/mol. The molecule has 5 nitrogen and oxygen atoms in total. The van der Waals surface area contributed by atoms with E-state index in [0.717, 1.165) is 10.8 Å². The number of nitrogens with one attached hydrogen (secondary N) is 1. The number of benzene rings is 3. The molecular weight excluding hydrogens is 350 g/mol. The van der Waals surface area contributed by atoms with Crippen LogP contribution in [-0.4, -0.2) is 19.5 Å². The number of rotatable bonds is 5. The van der Waals surface area contributed by atoms with Crippen LogP contribution in [0.4, 0.5) is 5.69 Å². The molecule has 2 N–H and O–H groups in total. The van der Waals surface area contributed by atoms with Crippen molar-refractivity contribution in [1.29, 1.82) is 0 Å². The van der Waals surface area contributed by atoms with Crippen molar-refractivity contribution in [2.24, 2.45) is 0 Å². The normalized spacial score (nSPS) is 12.1. The zero-order valence-corrected chi connectivity index (χ0v) is 14.8. The molecule has 26 heavy (non-hydrogen) atoms. The third-order valence-electron chi connectivity index (χ3n) is 3.92. The lowest BCUT2D eigenvalue weighted by molar-refractivity contribution is -0.132. The van der Waals surface area contributed by atoms with Crippen molar-refractivity contribution < 1.29 is 18.3 Å². The first-order valence-corrected chi connectivity index (χ1v) is 9.37. The third kappa shape index (κ3) is 3.75. The largest absolute Gasteiger partial charge is 0.478 e. The highest BCUT2D eigenvalue weighted by atomic mass is 32.2. The lowest BCUT2D eigenvalue weighted by atomic mass is 10.1. The van der Waals surface area contributed by atoms with Crippen molar-refractivity contribution in [1.82, 2.24) is 0 Å². The van der Waals surface area contributed by atoms with E-state index in [-0.39, 0.29) is 10.5 Å². The van der Waals surface area contributed by atoms with E-state index in [1.54, 1.807) is 24.3 Å². The van der Waals surface area contributed by atoms with Gasteiger partial charge in [-0.05, 0) is 42.1 Å². The van der Waals surface area contributed by atoms with Crippen LogP contribution in [0.15, 0.2) is 77.2 Å². The van der Waals surface area contributed by atoms with Crippen molar-refractivity contribution >= 4 is 38.5 Å². The fourth-order valence-corrected chi connectivity index (χ4v) is 3.74. The highest BCUT2D eigenvalue weighted by Crippen LogP contribution is 2.26. The molecule has 0 saturated heterocycles. The van der Waals surface area contributed by atoms with Crippen LogP contribution in [-0.2, 0) is 14.8 Å². The maximum Gasteiger partial charge on any atom is 0.331 e. The molecule has 0 bridgehead atoms. The number of carbonyl (C=O) groups is 1. The summed E-state index contributed by atoms with van der Waals surface area (Å²) in [5.74, 6) is -1.05. The number of hydrogen-bond acceptors (Lipinski definition) is 3. The lowest BCUT2D eigenvalue weighted by Crippen LogP contribution is -2.13. The highest BCUT2D eigenvalue weighted by Gasteiger charge is 2.16. The lowest BCUT2D eigenvalue weighted by Gasteiger charge is -2.11. The minimum absolute atomic E-state index is 0.0670. The Morgan fingerprint density at radius 1 is 1.00 bits per heavy atom. The first-order valence-electron chi connectivity index (χ1n) is 7.89. The molecule has 0 heterocycles. The summed E-state index contributed by atoms with van der Waals surface area (Å²) in [6.45, 7) is 1.46. The zero-order chi connectivity index (χ0) is 18.7. The summed E-state index contributed by atoms with van der Waals surface area (Å²) >= 11 is 0. The number of anilines is 1. The van der Waals surface area contributed by atoms with Crippen LogP contribution in [0, 0.1) is 0 Å². The molecule has 132 valence electrons. The van der Waals surface area contributed by atoms with Gasteiger partial charge in [0.15, 0.2) is 0 Å². The summed E-state index contributed by atoms with van der Waals surface area (Å²) in [5.41, 5.74) is 1.12. The van der Waals surface area contributed by atoms with Crippen molar-refractivity contribution in [3.8, 4) is 0 Å². The first kappa shape index (κ1) is 17.7. The average molecular weight is 367 g/mol. The molecule has 0 radical (unpaired) electrons. The minimum atomic E-state index is -3.81. The summed E-state index contributed by atoms with van der Waals surface area (Å²) in [7, 11) is -3.81. The van der Waals surface area contributed by atoms with Crippen LogP contribution in [0.3, 0.4) is 0 Å². The van der Waals surface area contributed by atoms with E-state index in [1.807, 2.05) is 30.3 Å². The summed E-state index contributed by atoms with van der Waals surface area (Å²) in [5, 5.41) is 10.7. The molecule has 0 unspecified atom stereocenters. The van der Waals surface area contributed by atoms with Gasteiger partial charge in [0.1, 0.15) is 0 Å². The van der Waals surface area contributed by atoms with Gasteiger partial charge in [-0.15, -0.1) is 0 Å². The van der Waals surface area contributed by atoms with Crippen LogP contribution < -0.4 is 4.72 Å². The topological polar surface area (TPSA) is 83.5 Å². The minimum Gasteiger partial charge on any atom is -0.478 e. The van der Waals surface area contributed by atoms with Gasteiger partial charge in [-0.2, -0.15) is 0 Å². The highest BCUT2D eigenvalue weighted by molar-refractivity contribution is 7.92. The predicted octanol–water partition coefficient (Wildman–Crippen LogP) is 4.13. The van der Waals surface area contributed by atoms with Crippen LogP contribution in [0.1, 0.15) is 12.5 Å². The van der Waals surface area contributed by atoms with Crippen molar-refractivity contribution in [2.45, 2.75) is 11.8 Å². The Morgan fingerprint density at radius 3 is 2.46 bits per heavy atom. The van der Waals surface area contributed by atoms with E-state index in [9.17, 15) is 13.2 Å². The molecular formula is C20H17NO4S. The molecule has 0 amide bonds. The fourth-order valence-electron chi connectivity index (χ4n) is 2.60. The van der Waals surface area contributed by atoms with E-state index in [1.165, 1.54) is 25.1 Å².